The van der Waals surface area contributed by atoms with Gasteiger partial charge in [-0.15, -0.1) is 0 Å². The number of allylic oxidation sites excluding steroid dienone is 2. The number of ether oxygens (including phenoxy) is 2. The van der Waals surface area contributed by atoms with Gasteiger partial charge in [-0.3, -0.25) is 9.59 Å². The van der Waals surface area contributed by atoms with Crippen LogP contribution in [0.3, 0.4) is 0 Å². The van der Waals surface area contributed by atoms with E-state index in [2.05, 4.69) is 10.6 Å². The first-order valence-electron chi connectivity index (χ1n) is 8.20. The van der Waals surface area contributed by atoms with Crippen molar-refractivity contribution in [2.75, 3.05) is 14.2 Å². The molecule has 6 nitrogen and oxygen atoms in total. The summed E-state index contributed by atoms with van der Waals surface area (Å²) in [5.74, 6) is -1.03. The number of benzene rings is 2. The van der Waals surface area contributed by atoms with Gasteiger partial charge in [0.05, 0.1) is 22.7 Å². The molecule has 0 aliphatic rings. The predicted molar refractivity (Wildman–Crippen MR) is 109 cm³/mol. The van der Waals surface area contributed by atoms with Crippen LogP contribution in [0.4, 0.5) is 4.39 Å². The van der Waals surface area contributed by atoms with E-state index in [1.54, 1.807) is 7.05 Å². The van der Waals surface area contributed by atoms with Crippen LogP contribution in [0.25, 0.3) is 0 Å². The number of amides is 1. The van der Waals surface area contributed by atoms with Crippen molar-refractivity contribution in [3.63, 3.8) is 0 Å². The molecule has 2 aromatic rings. The molecule has 0 fully saturated rings. The van der Waals surface area contributed by atoms with Crippen molar-refractivity contribution in [3.8, 4) is 17.2 Å². The van der Waals surface area contributed by atoms with Gasteiger partial charge < -0.3 is 20.1 Å². The minimum atomic E-state index is -0.635. The lowest BCUT2D eigenvalue weighted by molar-refractivity contribution is -0.104. The van der Waals surface area contributed by atoms with Gasteiger partial charge in [-0.25, -0.2) is 4.39 Å². The van der Waals surface area contributed by atoms with Crippen molar-refractivity contribution in [1.29, 1.82) is 0 Å². The summed E-state index contributed by atoms with van der Waals surface area (Å²) in [5, 5.41) is 5.57. The molecule has 0 aliphatic heterocycles. The monoisotopic (exact) mass is 438 g/mol. The highest BCUT2D eigenvalue weighted by molar-refractivity contribution is 6.42. The van der Waals surface area contributed by atoms with Crippen molar-refractivity contribution < 1.29 is 23.5 Å². The molecule has 0 spiro atoms. The number of carbonyl (C=O) groups excluding carboxylic acids is 2. The van der Waals surface area contributed by atoms with Crippen molar-refractivity contribution in [1.82, 2.24) is 10.6 Å². The maximum absolute atomic E-state index is 13.9. The van der Waals surface area contributed by atoms with Gasteiger partial charge in [0, 0.05) is 31.0 Å². The zero-order valence-electron chi connectivity index (χ0n) is 15.5. The van der Waals surface area contributed by atoms with Crippen LogP contribution in [-0.4, -0.2) is 26.4 Å². The first-order valence-corrected chi connectivity index (χ1v) is 8.96. The Hall–Kier alpha value is -3.03. The lowest BCUT2D eigenvalue weighted by Gasteiger charge is -2.14. The van der Waals surface area contributed by atoms with E-state index in [-0.39, 0.29) is 38.6 Å². The molecule has 0 saturated heterocycles. The highest BCUT2D eigenvalue weighted by Crippen LogP contribution is 2.34. The van der Waals surface area contributed by atoms with Gasteiger partial charge in [0.2, 0.25) is 0 Å². The minimum Gasteiger partial charge on any atom is -0.494 e. The van der Waals surface area contributed by atoms with E-state index in [0.717, 1.165) is 6.07 Å². The summed E-state index contributed by atoms with van der Waals surface area (Å²) in [4.78, 5) is 23.5. The smallest absolute Gasteiger partial charge is 0.259 e. The van der Waals surface area contributed by atoms with Crippen molar-refractivity contribution >= 4 is 35.4 Å². The Morgan fingerprint density at radius 3 is 2.48 bits per heavy atom. The molecule has 2 N–H and O–H groups in total. The largest absolute Gasteiger partial charge is 0.494 e. The maximum atomic E-state index is 13.9. The number of hydrogen-bond acceptors (Lipinski definition) is 5. The molecule has 29 heavy (non-hydrogen) atoms. The summed E-state index contributed by atoms with van der Waals surface area (Å²) >= 11 is 12.1. The third-order valence-electron chi connectivity index (χ3n) is 3.55. The second-order valence-electron chi connectivity index (χ2n) is 5.50. The molecular weight excluding hydrogens is 422 g/mol. The molecule has 0 unspecified atom stereocenters. The molecular formula is C20H17Cl2FN2O4. The fourth-order valence-electron chi connectivity index (χ4n) is 2.21. The second kappa shape index (κ2) is 10.5. The normalized spacial score (nSPS) is 11.3. The fraction of sp³-hybridized carbons (Fsp3) is 0.100. The van der Waals surface area contributed by atoms with E-state index in [4.69, 9.17) is 32.7 Å². The molecule has 0 aliphatic carbocycles. The molecule has 152 valence electrons. The highest BCUT2D eigenvalue weighted by Gasteiger charge is 2.18. The number of halogens is 3. The third-order valence-corrected chi connectivity index (χ3v) is 4.28. The zero-order valence-corrected chi connectivity index (χ0v) is 17.0. The lowest BCUT2D eigenvalue weighted by Crippen LogP contribution is -2.23. The van der Waals surface area contributed by atoms with Crippen LogP contribution in [0.1, 0.15) is 10.4 Å². The van der Waals surface area contributed by atoms with Crippen molar-refractivity contribution in [3.05, 3.63) is 75.8 Å². The Balaban J connectivity index is 2.39. The van der Waals surface area contributed by atoms with Crippen molar-refractivity contribution in [2.45, 2.75) is 0 Å². The van der Waals surface area contributed by atoms with Crippen LogP contribution in [0.5, 0.6) is 17.2 Å². The Morgan fingerprint density at radius 2 is 1.86 bits per heavy atom. The quantitative estimate of drug-likeness (QED) is 0.361. The predicted octanol–water partition coefficient (Wildman–Crippen LogP) is 4.48. The van der Waals surface area contributed by atoms with Crippen LogP contribution >= 0.6 is 23.2 Å². The maximum Gasteiger partial charge on any atom is 0.259 e. The van der Waals surface area contributed by atoms with Gasteiger partial charge in [0.1, 0.15) is 17.8 Å². The average Bonchev–Trinajstić information content (AvgIpc) is 2.69. The molecule has 1 amide bonds. The van der Waals surface area contributed by atoms with E-state index in [0.29, 0.717) is 6.29 Å². The molecule has 0 atom stereocenters. The fourth-order valence-corrected chi connectivity index (χ4v) is 2.53. The summed E-state index contributed by atoms with van der Waals surface area (Å²) in [6, 6.07) is 6.62. The van der Waals surface area contributed by atoms with E-state index >= 15 is 0 Å². The van der Waals surface area contributed by atoms with Crippen LogP contribution < -0.4 is 20.1 Å². The summed E-state index contributed by atoms with van der Waals surface area (Å²) in [6.45, 7) is 0. The second-order valence-corrected chi connectivity index (χ2v) is 6.31. The molecule has 0 radical (unpaired) electrons. The average molecular weight is 439 g/mol. The summed E-state index contributed by atoms with van der Waals surface area (Å²) < 4.78 is 24.5. The standard InChI is InChI=1S/C20H17Cl2FN2O4/c1-24-7-5-12(6-8-26)25-20(27)14-10-15(21)16(22)11-19(14)29-13-3-4-18(28-2)17(23)9-13/h3-11,24H,1-2H3,(H,25,27)/b7-5-,12-6+. The Labute approximate surface area is 176 Å². The summed E-state index contributed by atoms with van der Waals surface area (Å²) in [7, 11) is 3.00. The van der Waals surface area contributed by atoms with E-state index in [1.807, 2.05) is 0 Å². The SMILES string of the molecule is CN/C=C\C(=C/C=O)NC(=O)c1cc(Cl)c(Cl)cc1Oc1ccc(OC)c(F)c1. The van der Waals surface area contributed by atoms with E-state index < -0.39 is 11.7 Å². The van der Waals surface area contributed by atoms with E-state index in [1.165, 1.54) is 49.7 Å². The molecule has 0 saturated carbocycles. The Kier molecular flexibility index (Phi) is 8.06. The number of carbonyl (C=O) groups is 2. The van der Waals surface area contributed by atoms with Crippen LogP contribution in [0.2, 0.25) is 10.0 Å². The lowest BCUT2D eigenvalue weighted by atomic mass is 10.1. The molecule has 0 bridgehead atoms. The van der Waals surface area contributed by atoms with Gasteiger partial charge in [-0.05, 0) is 30.5 Å². The molecule has 2 aromatic carbocycles. The minimum absolute atomic E-state index is 0.0327. The van der Waals surface area contributed by atoms with Gasteiger partial charge in [-0.1, -0.05) is 23.2 Å². The Morgan fingerprint density at radius 1 is 1.14 bits per heavy atom. The van der Waals surface area contributed by atoms with Gasteiger partial charge in [-0.2, -0.15) is 0 Å². The Bertz CT molecular complexity index is 977. The number of hydrogen-bond donors (Lipinski definition) is 2. The number of rotatable bonds is 8. The topological polar surface area (TPSA) is 76.7 Å². The molecule has 2 rings (SSSR count). The van der Waals surface area contributed by atoms with Gasteiger partial charge in [0.25, 0.3) is 5.91 Å². The van der Waals surface area contributed by atoms with Crippen molar-refractivity contribution in [2.24, 2.45) is 0 Å². The highest BCUT2D eigenvalue weighted by atomic mass is 35.5. The first kappa shape index (κ1) is 22.3. The first-order chi connectivity index (χ1) is 13.9. The zero-order chi connectivity index (χ0) is 21.4. The number of aldehydes is 1. The van der Waals surface area contributed by atoms with Gasteiger partial charge >= 0.3 is 0 Å². The van der Waals surface area contributed by atoms with Crippen LogP contribution in [0, 0.1) is 5.82 Å². The number of nitrogens with one attached hydrogen (secondary N) is 2. The van der Waals surface area contributed by atoms with Crippen LogP contribution in [-0.2, 0) is 4.79 Å². The summed E-state index contributed by atoms with van der Waals surface area (Å²) in [5.41, 5.74) is 0.261. The molecule has 0 aromatic heterocycles. The number of methoxy groups -OCH3 is 1. The summed E-state index contributed by atoms with van der Waals surface area (Å²) in [6.07, 6.45) is 4.72. The third kappa shape index (κ3) is 5.97. The van der Waals surface area contributed by atoms with Gasteiger partial charge in [0.15, 0.2) is 11.6 Å². The van der Waals surface area contributed by atoms with Crippen LogP contribution in [0.15, 0.2) is 54.4 Å². The molecule has 9 heteroatoms. The molecule has 0 heterocycles. The van der Waals surface area contributed by atoms with E-state index in [9.17, 15) is 14.0 Å².